The molecule has 1 aliphatic rings. The molecule has 1 aromatic rings. The number of ether oxygens (including phenoxy) is 1. The lowest BCUT2D eigenvalue weighted by Crippen LogP contribution is -2.57. The zero-order valence-electron chi connectivity index (χ0n) is 15.4. The highest BCUT2D eigenvalue weighted by Gasteiger charge is 2.51. The Hall–Kier alpha value is -1.64. The third-order valence-electron chi connectivity index (χ3n) is 4.89. The Kier molecular flexibility index (Phi) is 6.31. The summed E-state index contributed by atoms with van der Waals surface area (Å²) in [6, 6.07) is 4.91. The van der Waals surface area contributed by atoms with E-state index in [1.54, 1.807) is 26.0 Å². The molecule has 7 nitrogen and oxygen atoms in total. The maximum atomic E-state index is 13.2. The van der Waals surface area contributed by atoms with Crippen molar-refractivity contribution in [2.45, 2.75) is 51.0 Å². The van der Waals surface area contributed by atoms with Gasteiger partial charge in [-0.2, -0.15) is 4.31 Å². The van der Waals surface area contributed by atoms with Gasteiger partial charge in [0.25, 0.3) is 0 Å². The number of hydrogen-bond acceptors (Lipinski definition) is 5. The number of rotatable bonds is 7. The molecule has 0 unspecified atom stereocenters. The van der Waals surface area contributed by atoms with Crippen LogP contribution in [0.2, 0.25) is 0 Å². The number of aryl methyl sites for hydroxylation is 1. The van der Waals surface area contributed by atoms with E-state index in [1.807, 2.05) is 6.92 Å². The second-order valence-corrected chi connectivity index (χ2v) is 8.64. The fourth-order valence-electron chi connectivity index (χ4n) is 3.49. The molecule has 2 atom stereocenters. The third-order valence-corrected chi connectivity index (χ3v) is 6.75. The zero-order chi connectivity index (χ0) is 19.5. The van der Waals surface area contributed by atoms with Crippen LogP contribution in [0.3, 0.4) is 0 Å². The molecular formula is C18H27NO6S. The number of sulfonamides is 1. The van der Waals surface area contributed by atoms with Gasteiger partial charge in [0.05, 0.1) is 12.7 Å². The number of carboxylic acid groups (broad SMARTS) is 1. The number of aliphatic carboxylic acids is 1. The molecule has 0 amide bonds. The van der Waals surface area contributed by atoms with Gasteiger partial charge in [0.15, 0.2) is 0 Å². The molecule has 0 radical (unpaired) electrons. The molecule has 0 spiro atoms. The maximum absolute atomic E-state index is 13.2. The molecule has 0 bridgehead atoms. The Morgan fingerprint density at radius 2 is 2.08 bits per heavy atom. The quantitative estimate of drug-likeness (QED) is 0.744. The highest BCUT2D eigenvalue weighted by atomic mass is 32.2. The van der Waals surface area contributed by atoms with E-state index in [1.165, 1.54) is 10.4 Å². The number of benzene rings is 1. The maximum Gasteiger partial charge on any atom is 0.313 e. The summed E-state index contributed by atoms with van der Waals surface area (Å²) in [4.78, 5) is 11.9. The summed E-state index contributed by atoms with van der Waals surface area (Å²) in [6.07, 6.45) is -0.246. The van der Waals surface area contributed by atoms with E-state index in [-0.39, 0.29) is 36.6 Å². The van der Waals surface area contributed by atoms with E-state index in [0.29, 0.717) is 13.0 Å². The van der Waals surface area contributed by atoms with Gasteiger partial charge in [0.2, 0.25) is 10.0 Å². The standard InChI is InChI=1S/C18H27NO6S/c1-4-9-18(17(21)22)12-19(10-8-16(18)20)26(23,24)15-11-13(3)6-7-14(15)25-5-2/h6-7,11,16,20H,4-5,8-10,12H2,1-3H3,(H,21,22)/t16-,18+/m1/s1. The summed E-state index contributed by atoms with van der Waals surface area (Å²) in [5, 5.41) is 20.1. The molecular weight excluding hydrogens is 358 g/mol. The van der Waals surface area contributed by atoms with Gasteiger partial charge in [-0.25, -0.2) is 8.42 Å². The monoisotopic (exact) mass is 385 g/mol. The van der Waals surface area contributed by atoms with Crippen molar-refractivity contribution >= 4 is 16.0 Å². The van der Waals surface area contributed by atoms with Crippen LogP contribution in [0, 0.1) is 12.3 Å². The van der Waals surface area contributed by atoms with Gasteiger partial charge < -0.3 is 14.9 Å². The van der Waals surface area contributed by atoms with Crippen LogP contribution in [0.4, 0.5) is 0 Å². The van der Waals surface area contributed by atoms with Crippen molar-refractivity contribution in [1.29, 1.82) is 0 Å². The molecule has 8 heteroatoms. The van der Waals surface area contributed by atoms with E-state index in [0.717, 1.165) is 5.56 Å². The molecule has 0 saturated carbocycles. The number of hydrogen-bond donors (Lipinski definition) is 2. The first-order valence-corrected chi connectivity index (χ1v) is 10.3. The number of piperidine rings is 1. The Bertz CT molecular complexity index is 763. The minimum absolute atomic E-state index is 0.0338. The Labute approximate surface area is 154 Å². The normalized spacial score (nSPS) is 24.4. The van der Waals surface area contributed by atoms with Gasteiger partial charge in [0.1, 0.15) is 16.1 Å². The van der Waals surface area contributed by atoms with Crippen LogP contribution in [-0.2, 0) is 14.8 Å². The van der Waals surface area contributed by atoms with Crippen molar-refractivity contribution in [1.82, 2.24) is 4.31 Å². The lowest BCUT2D eigenvalue weighted by molar-refractivity contribution is -0.161. The van der Waals surface area contributed by atoms with Crippen LogP contribution < -0.4 is 4.74 Å². The second kappa shape index (κ2) is 7.94. The first kappa shape index (κ1) is 20.7. The van der Waals surface area contributed by atoms with Gasteiger partial charge in [-0.1, -0.05) is 19.4 Å². The van der Waals surface area contributed by atoms with Crippen LogP contribution in [0.25, 0.3) is 0 Å². The number of carboxylic acids is 1. The molecule has 146 valence electrons. The molecule has 1 aromatic carbocycles. The topological polar surface area (TPSA) is 104 Å². The third kappa shape index (κ3) is 3.72. The lowest BCUT2D eigenvalue weighted by atomic mass is 9.74. The van der Waals surface area contributed by atoms with Crippen molar-refractivity contribution in [3.8, 4) is 5.75 Å². The number of nitrogens with zero attached hydrogens (tertiary/aromatic N) is 1. The average Bonchev–Trinajstić information content (AvgIpc) is 2.58. The molecule has 1 aliphatic heterocycles. The van der Waals surface area contributed by atoms with Crippen LogP contribution >= 0.6 is 0 Å². The van der Waals surface area contributed by atoms with Crippen LogP contribution in [0.15, 0.2) is 23.1 Å². The zero-order valence-corrected chi connectivity index (χ0v) is 16.3. The van der Waals surface area contributed by atoms with Crippen molar-refractivity contribution in [3.63, 3.8) is 0 Å². The summed E-state index contributed by atoms with van der Waals surface area (Å²) in [5.41, 5.74) is -0.725. The molecule has 1 heterocycles. The largest absolute Gasteiger partial charge is 0.492 e. The van der Waals surface area contributed by atoms with Crippen molar-refractivity contribution in [3.05, 3.63) is 23.8 Å². The Morgan fingerprint density at radius 1 is 1.38 bits per heavy atom. The molecule has 2 N–H and O–H groups in total. The van der Waals surface area contributed by atoms with Crippen molar-refractivity contribution < 1.29 is 28.2 Å². The van der Waals surface area contributed by atoms with Gasteiger partial charge in [0, 0.05) is 13.1 Å². The highest BCUT2D eigenvalue weighted by molar-refractivity contribution is 7.89. The Morgan fingerprint density at radius 3 is 2.65 bits per heavy atom. The number of carbonyl (C=O) groups is 1. The van der Waals surface area contributed by atoms with Gasteiger partial charge >= 0.3 is 5.97 Å². The average molecular weight is 385 g/mol. The summed E-state index contributed by atoms with van der Waals surface area (Å²) in [5.74, 6) is -0.915. The summed E-state index contributed by atoms with van der Waals surface area (Å²) >= 11 is 0. The highest BCUT2D eigenvalue weighted by Crippen LogP contribution is 2.39. The van der Waals surface area contributed by atoms with Gasteiger partial charge in [-0.15, -0.1) is 0 Å². The van der Waals surface area contributed by atoms with E-state index in [4.69, 9.17) is 4.74 Å². The predicted molar refractivity (Wildman–Crippen MR) is 96.7 cm³/mol. The molecule has 26 heavy (non-hydrogen) atoms. The van der Waals surface area contributed by atoms with Crippen LogP contribution in [0.1, 0.15) is 38.7 Å². The predicted octanol–water partition coefficient (Wildman–Crippen LogP) is 2.02. The molecule has 2 rings (SSSR count). The fourth-order valence-corrected chi connectivity index (χ4v) is 5.23. The van der Waals surface area contributed by atoms with Gasteiger partial charge in [-0.05, 0) is 44.4 Å². The van der Waals surface area contributed by atoms with Crippen molar-refractivity contribution in [2.75, 3.05) is 19.7 Å². The molecule has 1 fully saturated rings. The van der Waals surface area contributed by atoms with Crippen LogP contribution in [-0.4, -0.2) is 54.7 Å². The lowest BCUT2D eigenvalue weighted by Gasteiger charge is -2.42. The minimum atomic E-state index is -3.95. The van der Waals surface area contributed by atoms with E-state index < -0.39 is 27.5 Å². The fraction of sp³-hybridized carbons (Fsp3) is 0.611. The Balaban J connectivity index is 2.47. The van der Waals surface area contributed by atoms with E-state index in [9.17, 15) is 23.4 Å². The van der Waals surface area contributed by atoms with E-state index >= 15 is 0 Å². The summed E-state index contributed by atoms with van der Waals surface area (Å²) in [7, 11) is -3.95. The van der Waals surface area contributed by atoms with Gasteiger partial charge in [-0.3, -0.25) is 4.79 Å². The molecule has 0 aromatic heterocycles. The first-order valence-electron chi connectivity index (χ1n) is 8.84. The SMILES string of the molecule is CCC[C@]1(C(=O)O)CN(S(=O)(=O)c2cc(C)ccc2OCC)CC[C@H]1O. The molecule has 1 saturated heterocycles. The smallest absolute Gasteiger partial charge is 0.313 e. The number of aliphatic hydroxyl groups excluding tert-OH is 1. The first-order chi connectivity index (χ1) is 12.2. The minimum Gasteiger partial charge on any atom is -0.492 e. The van der Waals surface area contributed by atoms with E-state index in [2.05, 4.69) is 0 Å². The number of aliphatic hydroxyl groups is 1. The second-order valence-electron chi connectivity index (χ2n) is 6.74. The van der Waals surface area contributed by atoms with Crippen molar-refractivity contribution in [2.24, 2.45) is 5.41 Å². The molecule has 0 aliphatic carbocycles. The summed E-state index contributed by atoms with van der Waals surface area (Å²) < 4.78 is 33.1. The van der Waals surface area contributed by atoms with Crippen LogP contribution in [0.5, 0.6) is 5.75 Å². The summed E-state index contributed by atoms with van der Waals surface area (Å²) in [6.45, 7) is 5.51.